The largest absolute Gasteiger partial charge is 0.469 e. The summed E-state index contributed by atoms with van der Waals surface area (Å²) < 4.78 is 4.75. The van der Waals surface area contributed by atoms with Gasteiger partial charge < -0.3 is 10.1 Å². The van der Waals surface area contributed by atoms with E-state index in [1.54, 1.807) is 0 Å². The molecule has 0 spiro atoms. The summed E-state index contributed by atoms with van der Waals surface area (Å²) in [6.07, 6.45) is 4.32. The minimum Gasteiger partial charge on any atom is -0.469 e. The van der Waals surface area contributed by atoms with Crippen LogP contribution < -0.4 is 5.32 Å². The van der Waals surface area contributed by atoms with E-state index in [0.29, 0.717) is 11.6 Å². The van der Waals surface area contributed by atoms with Crippen LogP contribution in [0.3, 0.4) is 0 Å². The van der Waals surface area contributed by atoms with Gasteiger partial charge in [-0.1, -0.05) is 66.2 Å². The van der Waals surface area contributed by atoms with Crippen LogP contribution in [0.15, 0.2) is 78.9 Å². The molecule has 1 aromatic heterocycles. The third-order valence-electron chi connectivity index (χ3n) is 5.07. The van der Waals surface area contributed by atoms with Gasteiger partial charge >= 0.3 is 5.97 Å². The van der Waals surface area contributed by atoms with E-state index in [1.165, 1.54) is 7.11 Å². The second kappa shape index (κ2) is 10.1. The second-order valence-electron chi connectivity index (χ2n) is 7.46. The number of ether oxygens (including phenoxy) is 1. The molecule has 1 heterocycles. The molecule has 0 aliphatic heterocycles. The van der Waals surface area contributed by atoms with Crippen LogP contribution in [-0.2, 0) is 22.5 Å². The van der Waals surface area contributed by atoms with Crippen molar-refractivity contribution in [3.05, 3.63) is 106 Å². The summed E-state index contributed by atoms with van der Waals surface area (Å²) in [6, 6.07) is 25.9. The Kier molecular flexibility index (Phi) is 6.83. The Morgan fingerprint density at radius 2 is 1.78 bits per heavy atom. The van der Waals surface area contributed by atoms with Crippen LogP contribution in [0.5, 0.6) is 0 Å². The number of hydrogen-bond donors (Lipinski definition) is 1. The van der Waals surface area contributed by atoms with Crippen LogP contribution in [-0.4, -0.2) is 18.1 Å². The molecule has 0 unspecified atom stereocenters. The first-order chi connectivity index (χ1) is 15.6. The SMILES string of the molecule is COC(=O)Cc1cccc(CNc2cccc(C=Cc3ccc4ccc(Cl)cc4n3)c2)c1. The zero-order valence-electron chi connectivity index (χ0n) is 17.7. The standard InChI is InChI=1S/C27H23ClN2O2/c1-32-27(31)16-20-5-2-6-21(14-20)18-29-25-7-3-4-19(15-25)8-12-24-13-10-22-9-11-23(28)17-26(22)30-24/h2-15,17,29H,16,18H2,1H3. The van der Waals surface area contributed by atoms with Gasteiger partial charge in [0.05, 0.1) is 24.7 Å². The molecule has 0 atom stereocenters. The van der Waals surface area contributed by atoms with Crippen molar-refractivity contribution in [3.8, 4) is 0 Å². The molecule has 4 aromatic rings. The predicted molar refractivity (Wildman–Crippen MR) is 132 cm³/mol. The van der Waals surface area contributed by atoms with E-state index in [4.69, 9.17) is 16.3 Å². The van der Waals surface area contributed by atoms with Gasteiger partial charge in [-0.2, -0.15) is 0 Å². The number of anilines is 1. The molecule has 5 heteroatoms. The number of carbonyl (C=O) groups excluding carboxylic acids is 1. The maximum absolute atomic E-state index is 11.5. The van der Waals surface area contributed by atoms with Crippen LogP contribution in [0, 0.1) is 0 Å². The average Bonchev–Trinajstić information content (AvgIpc) is 2.81. The van der Waals surface area contributed by atoms with Crippen LogP contribution >= 0.6 is 11.6 Å². The molecule has 1 N–H and O–H groups in total. The zero-order chi connectivity index (χ0) is 22.3. The Balaban J connectivity index is 1.42. The molecule has 0 amide bonds. The summed E-state index contributed by atoms with van der Waals surface area (Å²) >= 11 is 6.09. The third kappa shape index (κ3) is 5.74. The summed E-state index contributed by atoms with van der Waals surface area (Å²) in [5, 5.41) is 5.19. The number of fused-ring (bicyclic) bond motifs is 1. The van der Waals surface area contributed by atoms with Crippen molar-refractivity contribution in [1.82, 2.24) is 4.98 Å². The molecule has 160 valence electrons. The van der Waals surface area contributed by atoms with Gasteiger partial charge in [0.15, 0.2) is 0 Å². The van der Waals surface area contributed by atoms with Crippen LogP contribution in [0.4, 0.5) is 5.69 Å². The highest BCUT2D eigenvalue weighted by Crippen LogP contribution is 2.20. The Morgan fingerprint density at radius 1 is 0.969 bits per heavy atom. The molecule has 0 bridgehead atoms. The molecular weight excluding hydrogens is 420 g/mol. The normalized spacial score (nSPS) is 11.1. The van der Waals surface area contributed by atoms with Gasteiger partial charge in [0.1, 0.15) is 0 Å². The van der Waals surface area contributed by atoms with Crippen molar-refractivity contribution in [1.29, 1.82) is 0 Å². The van der Waals surface area contributed by atoms with Gasteiger partial charge in [0.25, 0.3) is 0 Å². The minimum absolute atomic E-state index is 0.237. The first-order valence-electron chi connectivity index (χ1n) is 10.3. The van der Waals surface area contributed by atoms with Gasteiger partial charge in [-0.3, -0.25) is 4.79 Å². The highest BCUT2D eigenvalue weighted by Gasteiger charge is 2.04. The van der Waals surface area contributed by atoms with Gasteiger partial charge in [-0.25, -0.2) is 4.98 Å². The van der Waals surface area contributed by atoms with Crippen molar-refractivity contribution < 1.29 is 9.53 Å². The zero-order valence-corrected chi connectivity index (χ0v) is 18.5. The van der Waals surface area contributed by atoms with Gasteiger partial charge in [0.2, 0.25) is 0 Å². The summed E-state index contributed by atoms with van der Waals surface area (Å²) in [5.41, 5.74) is 5.89. The molecule has 0 aliphatic rings. The highest BCUT2D eigenvalue weighted by molar-refractivity contribution is 6.31. The lowest BCUT2D eigenvalue weighted by molar-refractivity contribution is -0.139. The number of hydrogen-bond acceptors (Lipinski definition) is 4. The highest BCUT2D eigenvalue weighted by atomic mass is 35.5. The number of aromatic nitrogens is 1. The molecule has 0 saturated carbocycles. The first-order valence-corrected chi connectivity index (χ1v) is 10.7. The van der Waals surface area contributed by atoms with Crippen molar-refractivity contribution in [2.75, 3.05) is 12.4 Å². The van der Waals surface area contributed by atoms with Crippen molar-refractivity contribution >= 4 is 46.3 Å². The predicted octanol–water partition coefficient (Wildman–Crippen LogP) is 6.39. The van der Waals surface area contributed by atoms with Gasteiger partial charge in [-0.05, 0) is 53.1 Å². The maximum atomic E-state index is 11.5. The monoisotopic (exact) mass is 442 g/mol. The second-order valence-corrected chi connectivity index (χ2v) is 7.89. The minimum atomic E-state index is -0.237. The Labute approximate surface area is 192 Å². The quantitative estimate of drug-likeness (QED) is 0.337. The third-order valence-corrected chi connectivity index (χ3v) is 5.31. The topological polar surface area (TPSA) is 51.2 Å². The number of halogens is 1. The van der Waals surface area contributed by atoms with Crippen LogP contribution in [0.25, 0.3) is 23.1 Å². The van der Waals surface area contributed by atoms with E-state index in [2.05, 4.69) is 22.4 Å². The smallest absolute Gasteiger partial charge is 0.309 e. The number of methoxy groups -OCH3 is 1. The van der Waals surface area contributed by atoms with Crippen LogP contribution in [0.2, 0.25) is 5.02 Å². The molecule has 4 nitrogen and oxygen atoms in total. The lowest BCUT2D eigenvalue weighted by Crippen LogP contribution is -2.05. The van der Waals surface area contributed by atoms with E-state index in [-0.39, 0.29) is 12.4 Å². The summed E-state index contributed by atoms with van der Waals surface area (Å²) in [6.45, 7) is 0.662. The maximum Gasteiger partial charge on any atom is 0.309 e. The van der Waals surface area contributed by atoms with Crippen LogP contribution in [0.1, 0.15) is 22.4 Å². The number of rotatable bonds is 7. The number of nitrogens with one attached hydrogen (secondary N) is 1. The fourth-order valence-electron chi connectivity index (χ4n) is 3.43. The van der Waals surface area contributed by atoms with E-state index in [1.807, 2.05) is 78.9 Å². The fraction of sp³-hybridized carbons (Fsp3) is 0.111. The fourth-order valence-corrected chi connectivity index (χ4v) is 3.59. The number of carbonyl (C=O) groups is 1. The molecular formula is C27H23ClN2O2. The van der Waals surface area contributed by atoms with E-state index < -0.39 is 0 Å². The molecule has 0 fully saturated rings. The molecule has 4 rings (SSSR count). The van der Waals surface area contributed by atoms with Crippen molar-refractivity contribution in [2.45, 2.75) is 13.0 Å². The average molecular weight is 443 g/mol. The lowest BCUT2D eigenvalue weighted by Gasteiger charge is -2.09. The summed E-state index contributed by atoms with van der Waals surface area (Å²) in [7, 11) is 1.40. The summed E-state index contributed by atoms with van der Waals surface area (Å²) in [5.74, 6) is -0.237. The molecule has 0 aliphatic carbocycles. The molecule has 0 radical (unpaired) electrons. The Morgan fingerprint density at radius 3 is 2.66 bits per heavy atom. The number of benzene rings is 3. The first kappa shape index (κ1) is 21.6. The molecule has 0 saturated heterocycles. The van der Waals surface area contributed by atoms with E-state index >= 15 is 0 Å². The van der Waals surface area contributed by atoms with Crippen molar-refractivity contribution in [2.24, 2.45) is 0 Å². The Hall–Kier alpha value is -3.63. The number of nitrogens with zero attached hydrogens (tertiary/aromatic N) is 1. The number of pyridine rings is 1. The summed E-state index contributed by atoms with van der Waals surface area (Å²) in [4.78, 5) is 16.2. The molecule has 32 heavy (non-hydrogen) atoms. The number of esters is 1. The van der Waals surface area contributed by atoms with Crippen molar-refractivity contribution in [3.63, 3.8) is 0 Å². The van der Waals surface area contributed by atoms with Gasteiger partial charge in [-0.15, -0.1) is 0 Å². The molecule has 3 aromatic carbocycles. The van der Waals surface area contributed by atoms with E-state index in [0.717, 1.165) is 39.0 Å². The Bertz CT molecular complexity index is 1280. The van der Waals surface area contributed by atoms with Gasteiger partial charge in [0, 0.05) is 22.6 Å². The van der Waals surface area contributed by atoms with E-state index in [9.17, 15) is 4.79 Å². The lowest BCUT2D eigenvalue weighted by atomic mass is 10.1.